The van der Waals surface area contributed by atoms with E-state index in [2.05, 4.69) is 0 Å². The molecule has 0 heterocycles. The molecule has 0 saturated carbocycles. The number of halogens is 1. The molecule has 0 radical (unpaired) electrons. The Bertz CT molecular complexity index is 37.5. The van der Waals surface area contributed by atoms with Gasteiger partial charge in [-0.25, -0.2) is 0 Å². The van der Waals surface area contributed by atoms with E-state index in [1.54, 1.807) is 0 Å². The van der Waals surface area contributed by atoms with Gasteiger partial charge < -0.3 is 19.7 Å². The van der Waals surface area contributed by atoms with Crippen molar-refractivity contribution < 1.29 is 76.3 Å². The first-order valence-electron chi connectivity index (χ1n) is 0.612. The van der Waals surface area contributed by atoms with Crippen molar-refractivity contribution >= 4 is 6.16 Å². The number of rotatable bonds is 0. The van der Waals surface area contributed by atoms with Crippen molar-refractivity contribution in [2.24, 2.45) is 0 Å². The van der Waals surface area contributed by atoms with Crippen molar-refractivity contribution in [1.82, 2.24) is 0 Å². The van der Waals surface area contributed by atoms with E-state index in [1.165, 1.54) is 0 Å². The zero-order valence-corrected chi connectivity index (χ0v) is 5.10. The fourth-order valence-corrected chi connectivity index (χ4v) is 0. The van der Waals surface area contributed by atoms with Crippen molar-refractivity contribution in [1.29, 1.82) is 0 Å². The van der Waals surface area contributed by atoms with Gasteiger partial charge in [-0.05, 0) is 6.16 Å². The molecule has 7 heteroatoms. The number of carboxylic acid groups (broad SMARTS) is 2. The Morgan fingerprint density at radius 1 is 1.00 bits per heavy atom. The molecule has 8 heavy (non-hydrogen) atoms. The van der Waals surface area contributed by atoms with Gasteiger partial charge in [-0.2, -0.15) is 0 Å². The van der Waals surface area contributed by atoms with Gasteiger partial charge in [-0.15, -0.1) is 0 Å². The Hall–Kier alpha value is 0.992. The van der Waals surface area contributed by atoms with Crippen LogP contribution in [0.15, 0.2) is 0 Å². The van der Waals surface area contributed by atoms with E-state index in [9.17, 15) is 0 Å². The van der Waals surface area contributed by atoms with Gasteiger partial charge in [0.2, 0.25) is 0 Å². The van der Waals surface area contributed by atoms with E-state index in [1.807, 2.05) is 0 Å². The fourth-order valence-electron chi connectivity index (χ4n) is 0. The van der Waals surface area contributed by atoms with Gasteiger partial charge in [0, 0.05) is 0 Å². The summed E-state index contributed by atoms with van der Waals surface area (Å²) < 4.78 is 0. The maximum absolute atomic E-state index is 8.33. The second-order valence-electron chi connectivity index (χ2n) is 0.250. The molecule has 0 aromatic rings. The van der Waals surface area contributed by atoms with Crippen molar-refractivity contribution in [3.05, 3.63) is 0 Å². The first-order valence-corrected chi connectivity index (χ1v) is 0.612. The molecule has 0 aromatic heterocycles. The van der Waals surface area contributed by atoms with E-state index in [-0.39, 0.29) is 61.3 Å². The van der Waals surface area contributed by atoms with Crippen LogP contribution >= 0.6 is 0 Å². The molecule has 0 aromatic carbocycles. The van der Waals surface area contributed by atoms with Crippen molar-refractivity contribution in [2.45, 2.75) is 0 Å². The Morgan fingerprint density at radius 3 is 1.00 bits per heavy atom. The van der Waals surface area contributed by atoms with E-state index < -0.39 is 6.16 Å². The maximum Gasteiger partial charge on any atom is 1.00 e. The normalized spacial score (nSPS) is 3.00. The molecule has 0 N–H and O–H groups in total. The molecular formula is CFLi3O3. The Balaban J connectivity index is -0.00000000750. The first-order chi connectivity index (χ1) is 1.73. The molecule has 0 fully saturated rings. The summed E-state index contributed by atoms with van der Waals surface area (Å²) in [6.45, 7) is 0. The second kappa shape index (κ2) is 24.5. The van der Waals surface area contributed by atoms with Gasteiger partial charge in [0.1, 0.15) is 0 Å². The largest absolute Gasteiger partial charge is 1.00 e. The number of hydrogen-bond acceptors (Lipinski definition) is 3. The average molecular weight is 99.8 g/mol. The third-order valence-electron chi connectivity index (χ3n) is 0. The summed E-state index contributed by atoms with van der Waals surface area (Å²) in [5.74, 6) is 0. The van der Waals surface area contributed by atoms with Gasteiger partial charge in [0.25, 0.3) is 0 Å². The van der Waals surface area contributed by atoms with Crippen LogP contribution in [0.25, 0.3) is 0 Å². The Kier molecular flexibility index (Phi) is 110. The van der Waals surface area contributed by atoms with Gasteiger partial charge in [0.05, 0.1) is 0 Å². The number of carbonyl (C=O) groups is 1. The molecular weight excluding hydrogens is 99.8 g/mol. The zero-order chi connectivity index (χ0) is 3.58. The van der Waals surface area contributed by atoms with E-state index in [4.69, 9.17) is 15.0 Å². The molecule has 0 bridgehead atoms. The molecule has 0 aliphatic rings. The molecule has 0 rings (SSSR count). The van der Waals surface area contributed by atoms with Crippen LogP contribution in [0, 0.1) is 0 Å². The second-order valence-corrected chi connectivity index (χ2v) is 0.250. The number of hydrogen-bond donors (Lipinski definition) is 0. The van der Waals surface area contributed by atoms with Crippen LogP contribution in [0.1, 0.15) is 0 Å². The smallest absolute Gasteiger partial charge is 1.00 e. The average Bonchev–Trinajstić information content (AvgIpc) is 0.811. The van der Waals surface area contributed by atoms with Gasteiger partial charge in [0.15, 0.2) is 0 Å². The molecule has 3 nitrogen and oxygen atoms in total. The fraction of sp³-hybridized carbons (Fsp3) is 0. The summed E-state index contributed by atoms with van der Waals surface area (Å²) in [6, 6.07) is 0. The molecule has 0 unspecified atom stereocenters. The minimum atomic E-state index is -2.33. The maximum atomic E-state index is 8.33. The van der Waals surface area contributed by atoms with E-state index >= 15 is 0 Å². The number of carbonyl (C=O) groups excluding carboxylic acids is 1. The van der Waals surface area contributed by atoms with Crippen LogP contribution in [0.5, 0.6) is 0 Å². The van der Waals surface area contributed by atoms with Crippen molar-refractivity contribution in [3.63, 3.8) is 0 Å². The predicted molar refractivity (Wildman–Crippen MR) is 5.40 cm³/mol. The molecule has 32 valence electrons. The quantitative estimate of drug-likeness (QED) is 0.284. The summed E-state index contributed by atoms with van der Waals surface area (Å²) in [4.78, 5) is 8.33. The molecule has 0 atom stereocenters. The molecule has 0 spiro atoms. The minimum Gasteiger partial charge on any atom is -1.00 e. The van der Waals surface area contributed by atoms with Crippen LogP contribution < -0.4 is 71.5 Å². The third-order valence-corrected chi connectivity index (χ3v) is 0. The standard InChI is InChI=1S/CH2O3.FH.3Li/c2-1(3)4;;;;/h(H2,2,3,4);1H;;;/q;;3*+1/p-3. The summed E-state index contributed by atoms with van der Waals surface area (Å²) in [5, 5.41) is 16.7. The summed E-state index contributed by atoms with van der Waals surface area (Å²) in [6.07, 6.45) is -2.33. The minimum absolute atomic E-state index is 0. The van der Waals surface area contributed by atoms with Crippen molar-refractivity contribution in [2.75, 3.05) is 0 Å². The topological polar surface area (TPSA) is 63.2 Å². The van der Waals surface area contributed by atoms with Crippen LogP contribution in [0.4, 0.5) is 4.79 Å². The molecule has 0 amide bonds. The summed E-state index contributed by atoms with van der Waals surface area (Å²) >= 11 is 0. The first kappa shape index (κ1) is 36.0. The van der Waals surface area contributed by atoms with Gasteiger partial charge in [-0.1, -0.05) is 0 Å². The monoisotopic (exact) mass is 100 g/mol. The van der Waals surface area contributed by atoms with E-state index in [0.29, 0.717) is 0 Å². The van der Waals surface area contributed by atoms with Gasteiger partial charge >= 0.3 is 56.6 Å². The SMILES string of the molecule is O=C([O-])[O-].[F-].[Li+].[Li+].[Li+]. The van der Waals surface area contributed by atoms with Crippen LogP contribution in [0.2, 0.25) is 0 Å². The predicted octanol–water partition coefficient (Wildman–Crippen LogP) is -14.4. The van der Waals surface area contributed by atoms with Gasteiger partial charge in [-0.3, -0.25) is 0 Å². The van der Waals surface area contributed by atoms with Crippen molar-refractivity contribution in [3.8, 4) is 0 Å². The van der Waals surface area contributed by atoms with Crippen LogP contribution in [-0.2, 0) is 0 Å². The van der Waals surface area contributed by atoms with Crippen LogP contribution in [-0.4, -0.2) is 6.16 Å². The molecule has 0 saturated heterocycles. The summed E-state index contributed by atoms with van der Waals surface area (Å²) in [5.41, 5.74) is 0. The Morgan fingerprint density at radius 2 is 1.00 bits per heavy atom. The third kappa shape index (κ3) is 255. The van der Waals surface area contributed by atoms with E-state index in [0.717, 1.165) is 0 Å². The molecule has 0 aliphatic heterocycles. The summed E-state index contributed by atoms with van der Waals surface area (Å²) in [7, 11) is 0. The zero-order valence-electron chi connectivity index (χ0n) is 5.10. The Labute approximate surface area is 82.1 Å². The molecule has 0 aliphatic carbocycles. The van der Waals surface area contributed by atoms with Crippen LogP contribution in [0.3, 0.4) is 0 Å².